The van der Waals surface area contributed by atoms with Gasteiger partial charge in [0, 0.05) is 38.4 Å². The SMILES string of the molecule is CN1CCN(C(=O)c2cccc3ncnn23)CC12CCOCC2. The van der Waals surface area contributed by atoms with Crippen LogP contribution in [0, 0.1) is 0 Å². The Morgan fingerprint density at radius 1 is 1.26 bits per heavy atom. The summed E-state index contributed by atoms with van der Waals surface area (Å²) in [5.41, 5.74) is 1.32. The molecule has 2 aliphatic heterocycles. The summed E-state index contributed by atoms with van der Waals surface area (Å²) in [6.45, 7) is 3.91. The Morgan fingerprint density at radius 3 is 2.91 bits per heavy atom. The maximum Gasteiger partial charge on any atom is 0.272 e. The first-order valence-electron chi connectivity index (χ1n) is 8.07. The molecular weight excluding hydrogens is 294 g/mol. The molecule has 2 saturated heterocycles. The minimum Gasteiger partial charge on any atom is -0.381 e. The van der Waals surface area contributed by atoms with Gasteiger partial charge in [-0.1, -0.05) is 6.07 Å². The lowest BCUT2D eigenvalue weighted by atomic mass is 9.86. The summed E-state index contributed by atoms with van der Waals surface area (Å²) in [5, 5.41) is 4.18. The number of fused-ring (bicyclic) bond motifs is 1. The lowest BCUT2D eigenvalue weighted by Crippen LogP contribution is -2.63. The van der Waals surface area contributed by atoms with Crippen LogP contribution < -0.4 is 0 Å². The van der Waals surface area contributed by atoms with Crippen LogP contribution in [-0.2, 0) is 4.74 Å². The van der Waals surface area contributed by atoms with Gasteiger partial charge >= 0.3 is 0 Å². The van der Waals surface area contributed by atoms with Crippen LogP contribution in [0.4, 0.5) is 0 Å². The average molecular weight is 315 g/mol. The Balaban J connectivity index is 1.62. The zero-order valence-corrected chi connectivity index (χ0v) is 13.3. The second-order valence-electron chi connectivity index (χ2n) is 6.43. The molecule has 0 aromatic carbocycles. The number of hydrogen-bond acceptors (Lipinski definition) is 5. The Labute approximate surface area is 134 Å². The number of aromatic nitrogens is 3. The van der Waals surface area contributed by atoms with Gasteiger partial charge < -0.3 is 9.64 Å². The van der Waals surface area contributed by atoms with Gasteiger partial charge in [-0.2, -0.15) is 5.10 Å². The molecule has 0 aliphatic carbocycles. The number of likely N-dealkylation sites (N-methyl/N-ethyl adjacent to an activating group) is 1. The van der Waals surface area contributed by atoms with Crippen molar-refractivity contribution >= 4 is 11.6 Å². The molecule has 7 heteroatoms. The fourth-order valence-corrected chi connectivity index (χ4v) is 3.70. The smallest absolute Gasteiger partial charge is 0.272 e. The third kappa shape index (κ3) is 2.40. The molecule has 23 heavy (non-hydrogen) atoms. The third-order valence-electron chi connectivity index (χ3n) is 5.23. The fraction of sp³-hybridized carbons (Fsp3) is 0.562. The maximum absolute atomic E-state index is 13.0. The molecule has 4 rings (SSSR count). The van der Waals surface area contributed by atoms with E-state index in [2.05, 4.69) is 22.0 Å². The predicted molar refractivity (Wildman–Crippen MR) is 84.3 cm³/mol. The maximum atomic E-state index is 13.0. The molecule has 4 heterocycles. The first-order valence-corrected chi connectivity index (χ1v) is 8.07. The van der Waals surface area contributed by atoms with E-state index in [9.17, 15) is 4.79 Å². The molecule has 0 radical (unpaired) electrons. The molecule has 0 unspecified atom stereocenters. The summed E-state index contributed by atoms with van der Waals surface area (Å²) in [4.78, 5) is 21.5. The highest BCUT2D eigenvalue weighted by Gasteiger charge is 2.42. The third-order valence-corrected chi connectivity index (χ3v) is 5.23. The summed E-state index contributed by atoms with van der Waals surface area (Å²) in [6.07, 6.45) is 3.43. The molecule has 0 saturated carbocycles. The summed E-state index contributed by atoms with van der Waals surface area (Å²) >= 11 is 0. The van der Waals surface area contributed by atoms with Crippen molar-refractivity contribution in [1.82, 2.24) is 24.4 Å². The fourth-order valence-electron chi connectivity index (χ4n) is 3.70. The molecule has 1 amide bonds. The van der Waals surface area contributed by atoms with Crippen molar-refractivity contribution in [1.29, 1.82) is 0 Å². The van der Waals surface area contributed by atoms with Crippen LogP contribution in [0.15, 0.2) is 24.5 Å². The Hall–Kier alpha value is -1.99. The standard InChI is InChI=1S/C16H21N5O2/c1-19-7-8-20(11-16(19)5-9-23-10-6-16)15(22)13-3-2-4-14-17-12-18-21(13)14/h2-4,12H,5-11H2,1H3. The number of carbonyl (C=O) groups is 1. The second kappa shape index (κ2) is 5.58. The number of nitrogens with zero attached hydrogens (tertiary/aromatic N) is 5. The van der Waals surface area contributed by atoms with E-state index < -0.39 is 0 Å². The molecule has 0 N–H and O–H groups in total. The zero-order chi connectivity index (χ0) is 15.9. The van der Waals surface area contributed by atoms with Crippen LogP contribution in [0.5, 0.6) is 0 Å². The Bertz CT molecular complexity index is 722. The molecule has 2 fully saturated rings. The number of amides is 1. The normalized spacial score (nSPS) is 21.9. The van der Waals surface area contributed by atoms with Crippen LogP contribution in [0.3, 0.4) is 0 Å². The van der Waals surface area contributed by atoms with E-state index in [-0.39, 0.29) is 11.4 Å². The highest BCUT2D eigenvalue weighted by atomic mass is 16.5. The zero-order valence-electron chi connectivity index (χ0n) is 13.3. The monoisotopic (exact) mass is 315 g/mol. The molecule has 122 valence electrons. The number of ether oxygens (including phenoxy) is 1. The molecule has 2 aromatic rings. The minimum atomic E-state index is 0.0278. The quantitative estimate of drug-likeness (QED) is 0.774. The van der Waals surface area contributed by atoms with Gasteiger partial charge in [0.25, 0.3) is 5.91 Å². The van der Waals surface area contributed by atoms with Gasteiger partial charge in [-0.15, -0.1) is 0 Å². The van der Waals surface area contributed by atoms with Crippen LogP contribution in [0.25, 0.3) is 5.65 Å². The van der Waals surface area contributed by atoms with Gasteiger partial charge in [0.2, 0.25) is 0 Å². The largest absolute Gasteiger partial charge is 0.381 e. The molecule has 1 spiro atoms. The van der Waals surface area contributed by atoms with Gasteiger partial charge in [0.15, 0.2) is 5.65 Å². The molecular formula is C16H21N5O2. The lowest BCUT2D eigenvalue weighted by Gasteiger charge is -2.51. The summed E-state index contributed by atoms with van der Waals surface area (Å²) in [6, 6.07) is 5.53. The summed E-state index contributed by atoms with van der Waals surface area (Å²) in [7, 11) is 2.16. The van der Waals surface area contributed by atoms with Gasteiger partial charge in [-0.05, 0) is 32.0 Å². The van der Waals surface area contributed by atoms with Crippen molar-refractivity contribution in [2.75, 3.05) is 39.9 Å². The highest BCUT2D eigenvalue weighted by Crippen LogP contribution is 2.31. The average Bonchev–Trinajstić information content (AvgIpc) is 3.06. The number of pyridine rings is 1. The Morgan fingerprint density at radius 2 is 2.09 bits per heavy atom. The summed E-state index contributed by atoms with van der Waals surface area (Å²) in [5.74, 6) is 0.0278. The molecule has 2 aliphatic rings. The van der Waals surface area contributed by atoms with Gasteiger partial charge in [0.05, 0.1) is 0 Å². The van der Waals surface area contributed by atoms with Crippen molar-refractivity contribution in [3.05, 3.63) is 30.2 Å². The van der Waals surface area contributed by atoms with Crippen molar-refractivity contribution in [3.8, 4) is 0 Å². The van der Waals surface area contributed by atoms with Crippen molar-refractivity contribution in [2.24, 2.45) is 0 Å². The topological polar surface area (TPSA) is 63.0 Å². The summed E-state index contributed by atoms with van der Waals surface area (Å²) < 4.78 is 7.14. The molecule has 0 bridgehead atoms. The van der Waals surface area contributed by atoms with E-state index in [1.807, 2.05) is 23.1 Å². The van der Waals surface area contributed by atoms with Gasteiger partial charge in [-0.3, -0.25) is 9.69 Å². The van der Waals surface area contributed by atoms with E-state index in [4.69, 9.17) is 4.74 Å². The van der Waals surface area contributed by atoms with Crippen molar-refractivity contribution < 1.29 is 9.53 Å². The van der Waals surface area contributed by atoms with E-state index in [1.54, 1.807) is 4.52 Å². The number of hydrogen-bond donors (Lipinski definition) is 0. The number of carbonyl (C=O) groups excluding carboxylic acids is 1. The van der Waals surface area contributed by atoms with E-state index in [0.717, 1.165) is 45.7 Å². The van der Waals surface area contributed by atoms with E-state index in [1.165, 1.54) is 6.33 Å². The highest BCUT2D eigenvalue weighted by molar-refractivity contribution is 5.93. The number of rotatable bonds is 1. The van der Waals surface area contributed by atoms with Gasteiger partial charge in [0.1, 0.15) is 12.0 Å². The molecule has 0 atom stereocenters. The lowest BCUT2D eigenvalue weighted by molar-refractivity contribution is -0.0544. The van der Waals surface area contributed by atoms with Crippen LogP contribution in [-0.4, -0.2) is 75.7 Å². The first kappa shape index (κ1) is 14.6. The van der Waals surface area contributed by atoms with Crippen LogP contribution in [0.1, 0.15) is 23.3 Å². The second-order valence-corrected chi connectivity index (χ2v) is 6.43. The Kier molecular flexibility index (Phi) is 3.54. The minimum absolute atomic E-state index is 0.0278. The van der Waals surface area contributed by atoms with E-state index in [0.29, 0.717) is 11.3 Å². The van der Waals surface area contributed by atoms with Crippen LogP contribution >= 0.6 is 0 Å². The van der Waals surface area contributed by atoms with E-state index >= 15 is 0 Å². The van der Waals surface area contributed by atoms with Crippen LogP contribution in [0.2, 0.25) is 0 Å². The predicted octanol–water partition coefficient (Wildman–Crippen LogP) is 0.666. The number of piperazine rings is 1. The van der Waals surface area contributed by atoms with Gasteiger partial charge in [-0.25, -0.2) is 9.50 Å². The van der Waals surface area contributed by atoms with Crippen molar-refractivity contribution in [3.63, 3.8) is 0 Å². The molecule has 2 aromatic heterocycles. The van der Waals surface area contributed by atoms with Crippen molar-refractivity contribution in [2.45, 2.75) is 18.4 Å². The first-order chi connectivity index (χ1) is 11.2. The molecule has 7 nitrogen and oxygen atoms in total.